The molecule has 1 aliphatic carbocycles. The van der Waals surface area contributed by atoms with Crippen LogP contribution in [0.25, 0.3) is 11.3 Å². The number of carbonyl (C=O) groups is 1. The maximum atomic E-state index is 11.1. The van der Waals surface area contributed by atoms with Gasteiger partial charge in [-0.1, -0.05) is 12.1 Å². The molecule has 0 fully saturated rings. The second kappa shape index (κ2) is 4.46. The number of carboxylic acid groups (broad SMARTS) is 1. The van der Waals surface area contributed by atoms with Crippen molar-refractivity contribution in [3.63, 3.8) is 0 Å². The molecule has 0 amide bonds. The third kappa shape index (κ3) is 2.10. The molecule has 0 radical (unpaired) electrons. The first-order valence-corrected chi connectivity index (χ1v) is 6.34. The quantitative estimate of drug-likeness (QED) is 0.894. The summed E-state index contributed by atoms with van der Waals surface area (Å²) in [5.41, 5.74) is 4.77. The van der Waals surface area contributed by atoms with E-state index in [1.165, 1.54) is 17.5 Å². The van der Waals surface area contributed by atoms with Crippen molar-refractivity contribution in [3.8, 4) is 11.3 Å². The molecule has 1 aromatic carbocycles. The van der Waals surface area contributed by atoms with E-state index in [2.05, 4.69) is 22.1 Å². The van der Waals surface area contributed by atoms with Gasteiger partial charge in [-0.3, -0.25) is 4.98 Å². The summed E-state index contributed by atoms with van der Waals surface area (Å²) in [6.45, 7) is 1.66. The Morgan fingerprint density at radius 2 is 2.05 bits per heavy atom. The van der Waals surface area contributed by atoms with Crippen LogP contribution < -0.4 is 0 Å². The van der Waals surface area contributed by atoms with Crippen molar-refractivity contribution in [2.45, 2.75) is 26.2 Å². The van der Waals surface area contributed by atoms with Gasteiger partial charge in [0.1, 0.15) is 0 Å². The molecule has 1 heterocycles. The van der Waals surface area contributed by atoms with Crippen molar-refractivity contribution >= 4 is 5.97 Å². The number of aromatic carboxylic acids is 1. The first-order valence-electron chi connectivity index (χ1n) is 6.34. The monoisotopic (exact) mass is 254 g/mol. The van der Waals surface area contributed by atoms with Crippen LogP contribution in [0.3, 0.4) is 0 Å². The van der Waals surface area contributed by atoms with E-state index in [1.807, 2.05) is 6.07 Å². The maximum absolute atomic E-state index is 11.1. The Kier molecular flexibility index (Phi) is 2.78. The average molecular weight is 254 g/mol. The normalized spacial score (nSPS) is 13.3. The van der Waals surface area contributed by atoms with E-state index in [9.17, 15) is 4.79 Å². The van der Waals surface area contributed by atoms with E-state index in [-0.39, 0.29) is 5.69 Å². The molecule has 0 unspecified atom stereocenters. The van der Waals surface area contributed by atoms with Crippen LogP contribution in [-0.4, -0.2) is 21.0 Å². The first-order chi connectivity index (χ1) is 9.15. The van der Waals surface area contributed by atoms with Crippen molar-refractivity contribution in [2.75, 3.05) is 0 Å². The lowest BCUT2D eigenvalue weighted by atomic mass is 10.0. The Bertz CT molecular complexity index is 665. The molecule has 4 heteroatoms. The van der Waals surface area contributed by atoms with Crippen LogP contribution in [0.2, 0.25) is 0 Å². The Balaban J connectivity index is 2.07. The molecule has 19 heavy (non-hydrogen) atoms. The number of carboxylic acids is 1. The predicted octanol–water partition coefficient (Wildman–Crippen LogP) is 2.64. The highest BCUT2D eigenvalue weighted by molar-refractivity contribution is 5.87. The molecule has 1 N–H and O–H groups in total. The SMILES string of the molecule is Cc1ncc(-c2ccc3c(c2)CCC3)nc1C(=O)O. The van der Waals surface area contributed by atoms with E-state index in [0.717, 1.165) is 18.4 Å². The minimum Gasteiger partial charge on any atom is -0.476 e. The molecule has 0 aliphatic heterocycles. The molecule has 1 aromatic heterocycles. The fourth-order valence-corrected chi connectivity index (χ4v) is 2.52. The van der Waals surface area contributed by atoms with Gasteiger partial charge in [0, 0.05) is 5.56 Å². The summed E-state index contributed by atoms with van der Waals surface area (Å²) in [4.78, 5) is 19.4. The van der Waals surface area contributed by atoms with E-state index in [1.54, 1.807) is 13.1 Å². The number of aryl methyl sites for hydroxylation is 3. The summed E-state index contributed by atoms with van der Waals surface area (Å²) in [6.07, 6.45) is 5.06. The van der Waals surface area contributed by atoms with Gasteiger partial charge >= 0.3 is 5.97 Å². The van der Waals surface area contributed by atoms with Crippen molar-refractivity contribution in [2.24, 2.45) is 0 Å². The molecule has 4 nitrogen and oxygen atoms in total. The van der Waals surface area contributed by atoms with Crippen molar-refractivity contribution < 1.29 is 9.90 Å². The number of nitrogens with zero attached hydrogens (tertiary/aromatic N) is 2. The lowest BCUT2D eigenvalue weighted by Crippen LogP contribution is -2.06. The summed E-state index contributed by atoms with van der Waals surface area (Å²) in [7, 11) is 0. The van der Waals surface area contributed by atoms with Crippen molar-refractivity contribution in [1.29, 1.82) is 0 Å². The largest absolute Gasteiger partial charge is 0.476 e. The molecule has 0 atom stereocenters. The summed E-state index contributed by atoms with van der Waals surface area (Å²) in [6, 6.07) is 6.21. The van der Waals surface area contributed by atoms with Crippen LogP contribution in [0.1, 0.15) is 33.7 Å². The zero-order valence-corrected chi connectivity index (χ0v) is 10.7. The second-order valence-electron chi connectivity index (χ2n) is 4.83. The van der Waals surface area contributed by atoms with E-state index in [4.69, 9.17) is 5.11 Å². The first kappa shape index (κ1) is 11.8. The second-order valence-corrected chi connectivity index (χ2v) is 4.83. The molecule has 0 saturated carbocycles. The number of hydrogen-bond donors (Lipinski definition) is 1. The van der Waals surface area contributed by atoms with Gasteiger partial charge in [-0.05, 0) is 43.4 Å². The Morgan fingerprint density at radius 3 is 2.84 bits per heavy atom. The lowest BCUT2D eigenvalue weighted by molar-refractivity contribution is 0.0689. The van der Waals surface area contributed by atoms with Crippen LogP contribution >= 0.6 is 0 Å². The topological polar surface area (TPSA) is 63.1 Å². The molecule has 2 aromatic rings. The van der Waals surface area contributed by atoms with Crippen LogP contribution in [-0.2, 0) is 12.8 Å². The Hall–Kier alpha value is -2.23. The summed E-state index contributed by atoms with van der Waals surface area (Å²) in [5.74, 6) is -1.03. The zero-order valence-electron chi connectivity index (χ0n) is 10.7. The molecule has 0 bridgehead atoms. The molecular formula is C15H14N2O2. The third-order valence-corrected chi connectivity index (χ3v) is 3.55. The molecule has 0 spiro atoms. The number of fused-ring (bicyclic) bond motifs is 1. The van der Waals surface area contributed by atoms with Crippen LogP contribution in [0, 0.1) is 6.92 Å². The van der Waals surface area contributed by atoms with Gasteiger partial charge in [0.25, 0.3) is 0 Å². The van der Waals surface area contributed by atoms with Gasteiger partial charge in [-0.2, -0.15) is 0 Å². The summed E-state index contributed by atoms with van der Waals surface area (Å²) in [5, 5.41) is 9.09. The summed E-state index contributed by atoms with van der Waals surface area (Å²) < 4.78 is 0. The molecule has 96 valence electrons. The molecule has 1 aliphatic rings. The van der Waals surface area contributed by atoms with E-state index < -0.39 is 5.97 Å². The zero-order chi connectivity index (χ0) is 13.4. The van der Waals surface area contributed by atoms with Crippen LogP contribution in [0.15, 0.2) is 24.4 Å². The Morgan fingerprint density at radius 1 is 1.26 bits per heavy atom. The predicted molar refractivity (Wildman–Crippen MR) is 71.2 cm³/mol. The van der Waals surface area contributed by atoms with Gasteiger partial charge in [-0.15, -0.1) is 0 Å². The summed E-state index contributed by atoms with van der Waals surface area (Å²) >= 11 is 0. The maximum Gasteiger partial charge on any atom is 0.356 e. The standard InChI is InChI=1S/C15H14N2O2/c1-9-14(15(18)19)17-13(8-16-9)12-6-5-10-3-2-4-11(10)7-12/h5-8H,2-4H2,1H3,(H,18,19). The smallest absolute Gasteiger partial charge is 0.356 e. The van der Waals surface area contributed by atoms with Crippen LogP contribution in [0.4, 0.5) is 0 Å². The number of rotatable bonds is 2. The van der Waals surface area contributed by atoms with E-state index >= 15 is 0 Å². The van der Waals surface area contributed by atoms with Gasteiger partial charge in [-0.25, -0.2) is 9.78 Å². The van der Waals surface area contributed by atoms with Gasteiger partial charge in [0.05, 0.1) is 17.6 Å². The number of aromatic nitrogens is 2. The third-order valence-electron chi connectivity index (χ3n) is 3.55. The lowest BCUT2D eigenvalue weighted by Gasteiger charge is -2.06. The number of benzene rings is 1. The highest BCUT2D eigenvalue weighted by atomic mass is 16.4. The van der Waals surface area contributed by atoms with Crippen LogP contribution in [0.5, 0.6) is 0 Å². The van der Waals surface area contributed by atoms with E-state index in [0.29, 0.717) is 11.4 Å². The minimum atomic E-state index is -1.03. The molecule has 0 saturated heterocycles. The van der Waals surface area contributed by atoms with Gasteiger partial charge in [0.15, 0.2) is 5.69 Å². The highest BCUT2D eigenvalue weighted by Gasteiger charge is 2.15. The molecular weight excluding hydrogens is 240 g/mol. The average Bonchev–Trinajstić information content (AvgIpc) is 2.86. The van der Waals surface area contributed by atoms with Gasteiger partial charge in [0.2, 0.25) is 0 Å². The number of hydrogen-bond acceptors (Lipinski definition) is 3. The van der Waals surface area contributed by atoms with Crippen molar-refractivity contribution in [3.05, 3.63) is 46.9 Å². The van der Waals surface area contributed by atoms with Crippen molar-refractivity contribution in [1.82, 2.24) is 9.97 Å². The fourth-order valence-electron chi connectivity index (χ4n) is 2.52. The Labute approximate surface area is 111 Å². The molecule has 3 rings (SSSR count). The minimum absolute atomic E-state index is 0.0259. The highest BCUT2D eigenvalue weighted by Crippen LogP contribution is 2.27. The fraction of sp³-hybridized carbons (Fsp3) is 0.267. The van der Waals surface area contributed by atoms with Gasteiger partial charge < -0.3 is 5.11 Å².